The number of unbranched alkanes of at least 4 members (excludes halogenated alkanes) is 2. The Balaban J connectivity index is 1.97. The van der Waals surface area contributed by atoms with E-state index in [9.17, 15) is 4.79 Å². The van der Waals surface area contributed by atoms with Gasteiger partial charge in [-0.3, -0.25) is 9.69 Å². The maximum absolute atomic E-state index is 13.1. The minimum absolute atomic E-state index is 0.0485. The van der Waals surface area contributed by atoms with Crippen LogP contribution in [0.5, 0.6) is 0 Å². The molecule has 150 valence electrons. The fourth-order valence-electron chi connectivity index (χ4n) is 4.90. The summed E-state index contributed by atoms with van der Waals surface area (Å²) in [6, 6.07) is 21.4. The van der Waals surface area contributed by atoms with E-state index in [1.807, 2.05) is 6.07 Å². The fourth-order valence-corrected chi connectivity index (χ4v) is 4.90. The molecule has 1 aliphatic rings. The maximum Gasteiger partial charge on any atom is 0.313 e. The van der Waals surface area contributed by atoms with Crippen molar-refractivity contribution in [2.45, 2.75) is 52.1 Å². The van der Waals surface area contributed by atoms with Crippen molar-refractivity contribution in [3.8, 4) is 0 Å². The Morgan fingerprint density at radius 1 is 1.07 bits per heavy atom. The predicted octanol–water partition coefficient (Wildman–Crippen LogP) is 5.62. The Morgan fingerprint density at radius 3 is 2.32 bits per heavy atom. The number of likely N-dealkylation sites (tertiary alicyclic amines) is 1. The van der Waals surface area contributed by atoms with Crippen LogP contribution in [0.1, 0.15) is 56.7 Å². The van der Waals surface area contributed by atoms with E-state index in [1.54, 1.807) is 0 Å². The number of hydrogen-bond acceptors (Lipinski definition) is 3. The number of nitrogens with zero attached hydrogens (tertiary/aromatic N) is 1. The average molecular weight is 380 g/mol. The third kappa shape index (κ3) is 4.15. The lowest BCUT2D eigenvalue weighted by Gasteiger charge is -2.31. The van der Waals surface area contributed by atoms with Crippen LogP contribution in [-0.4, -0.2) is 24.5 Å². The van der Waals surface area contributed by atoms with E-state index in [0.29, 0.717) is 0 Å². The minimum Gasteiger partial charge on any atom is -0.469 e. The Morgan fingerprint density at radius 2 is 1.71 bits per heavy atom. The molecule has 3 nitrogen and oxygen atoms in total. The highest BCUT2D eigenvalue weighted by Gasteiger charge is 2.55. The second-order valence-corrected chi connectivity index (χ2v) is 8.14. The highest BCUT2D eigenvalue weighted by molar-refractivity contribution is 5.78. The Hall–Kier alpha value is -2.13. The Kier molecular flexibility index (Phi) is 6.90. The normalized spacial score (nSPS) is 25.0. The molecule has 3 rings (SSSR count). The number of methoxy groups -OCH3 is 1. The number of benzene rings is 2. The molecule has 3 atom stereocenters. The largest absolute Gasteiger partial charge is 0.469 e. The van der Waals surface area contributed by atoms with Crippen molar-refractivity contribution in [1.82, 2.24) is 4.90 Å². The Labute approximate surface area is 169 Å². The molecule has 0 aromatic heterocycles. The molecule has 0 unspecified atom stereocenters. The second-order valence-electron chi connectivity index (χ2n) is 8.14. The van der Waals surface area contributed by atoms with Crippen molar-refractivity contribution in [2.75, 3.05) is 13.7 Å². The zero-order valence-electron chi connectivity index (χ0n) is 17.4. The van der Waals surface area contributed by atoms with E-state index < -0.39 is 5.41 Å². The molecule has 2 aromatic rings. The monoisotopic (exact) mass is 379 g/mol. The number of carbonyl (C=O) groups is 1. The molecule has 0 radical (unpaired) electrons. The van der Waals surface area contributed by atoms with Crippen molar-refractivity contribution in [2.24, 2.45) is 11.3 Å². The van der Waals surface area contributed by atoms with E-state index in [1.165, 1.54) is 18.2 Å². The first-order chi connectivity index (χ1) is 13.6. The zero-order valence-corrected chi connectivity index (χ0v) is 17.4. The van der Waals surface area contributed by atoms with Crippen molar-refractivity contribution in [3.05, 3.63) is 71.8 Å². The molecule has 0 bridgehead atoms. The van der Waals surface area contributed by atoms with Gasteiger partial charge in [-0.05, 0) is 23.5 Å². The lowest BCUT2D eigenvalue weighted by Crippen LogP contribution is -2.39. The SMILES string of the molecule is CCCCC[C@]1(C(=O)OC)CN(Cc2ccccc2)[C@H](c2ccccc2)[C@H]1C. The first kappa shape index (κ1) is 20.6. The van der Waals surface area contributed by atoms with Gasteiger partial charge in [-0.15, -0.1) is 0 Å². The van der Waals surface area contributed by atoms with Crippen LogP contribution in [0.4, 0.5) is 0 Å². The van der Waals surface area contributed by atoms with Gasteiger partial charge in [0.15, 0.2) is 0 Å². The van der Waals surface area contributed by atoms with Crippen molar-refractivity contribution in [3.63, 3.8) is 0 Å². The van der Waals surface area contributed by atoms with Gasteiger partial charge in [0.25, 0.3) is 0 Å². The van der Waals surface area contributed by atoms with Crippen LogP contribution in [0.15, 0.2) is 60.7 Å². The van der Waals surface area contributed by atoms with Crippen LogP contribution in [0.2, 0.25) is 0 Å². The van der Waals surface area contributed by atoms with Crippen molar-refractivity contribution >= 4 is 5.97 Å². The first-order valence-electron chi connectivity index (χ1n) is 10.5. The van der Waals surface area contributed by atoms with Gasteiger partial charge >= 0.3 is 5.97 Å². The summed E-state index contributed by atoms with van der Waals surface area (Å²) in [5.41, 5.74) is 2.12. The molecule has 28 heavy (non-hydrogen) atoms. The molecule has 0 aliphatic carbocycles. The molecule has 0 N–H and O–H groups in total. The quantitative estimate of drug-likeness (QED) is 0.440. The van der Waals surface area contributed by atoms with E-state index in [2.05, 4.69) is 73.3 Å². The van der Waals surface area contributed by atoms with Gasteiger partial charge in [0.2, 0.25) is 0 Å². The summed E-state index contributed by atoms with van der Waals surface area (Å²) < 4.78 is 5.36. The lowest BCUT2D eigenvalue weighted by molar-refractivity contribution is -0.155. The van der Waals surface area contributed by atoms with Crippen LogP contribution in [-0.2, 0) is 16.1 Å². The number of esters is 1. The maximum atomic E-state index is 13.1. The molecular weight excluding hydrogens is 346 g/mol. The second kappa shape index (κ2) is 9.38. The summed E-state index contributed by atoms with van der Waals surface area (Å²) in [6.45, 7) is 6.04. The number of carbonyl (C=O) groups excluding carboxylic acids is 1. The molecule has 0 saturated carbocycles. The molecule has 1 saturated heterocycles. The van der Waals surface area contributed by atoms with Gasteiger partial charge < -0.3 is 4.74 Å². The van der Waals surface area contributed by atoms with Gasteiger partial charge in [-0.2, -0.15) is 0 Å². The lowest BCUT2D eigenvalue weighted by atomic mass is 9.72. The van der Waals surface area contributed by atoms with Crippen molar-refractivity contribution < 1.29 is 9.53 Å². The third-order valence-corrected chi connectivity index (χ3v) is 6.41. The number of hydrogen-bond donors (Lipinski definition) is 0. The van der Waals surface area contributed by atoms with Crippen LogP contribution >= 0.6 is 0 Å². The molecule has 0 amide bonds. The van der Waals surface area contributed by atoms with Crippen LogP contribution < -0.4 is 0 Å². The minimum atomic E-state index is -0.445. The summed E-state index contributed by atoms with van der Waals surface area (Å²) in [4.78, 5) is 15.6. The summed E-state index contributed by atoms with van der Waals surface area (Å²) >= 11 is 0. The molecule has 1 fully saturated rings. The summed E-state index contributed by atoms with van der Waals surface area (Å²) in [5, 5.41) is 0. The van der Waals surface area contributed by atoms with E-state index in [0.717, 1.165) is 38.8 Å². The van der Waals surface area contributed by atoms with Gasteiger partial charge in [0.05, 0.1) is 12.5 Å². The van der Waals surface area contributed by atoms with E-state index in [-0.39, 0.29) is 17.9 Å². The Bertz CT molecular complexity index is 746. The zero-order chi connectivity index (χ0) is 20.0. The average Bonchev–Trinajstić information content (AvgIpc) is 3.01. The van der Waals surface area contributed by atoms with Crippen LogP contribution in [0.25, 0.3) is 0 Å². The molecule has 1 aliphatic heterocycles. The molecule has 2 aromatic carbocycles. The molecular formula is C25H33NO2. The topological polar surface area (TPSA) is 29.5 Å². The first-order valence-corrected chi connectivity index (χ1v) is 10.5. The van der Waals surface area contributed by atoms with Crippen LogP contribution in [0.3, 0.4) is 0 Å². The standard InChI is InChI=1S/C25H33NO2/c1-4-5-12-17-25(24(27)28-3)19-26(18-21-13-8-6-9-14-21)23(20(25)2)22-15-10-7-11-16-22/h6-11,13-16,20,23H,4-5,12,17-19H2,1-3H3/t20-,23+,25+/m1/s1. The van der Waals surface area contributed by atoms with Gasteiger partial charge in [0, 0.05) is 19.1 Å². The molecule has 0 spiro atoms. The highest BCUT2D eigenvalue weighted by Crippen LogP contribution is 2.52. The molecule has 3 heteroatoms. The summed E-state index contributed by atoms with van der Waals surface area (Å²) in [5.74, 6) is 0.149. The predicted molar refractivity (Wildman–Crippen MR) is 114 cm³/mol. The smallest absolute Gasteiger partial charge is 0.313 e. The van der Waals surface area contributed by atoms with Gasteiger partial charge in [-0.25, -0.2) is 0 Å². The fraction of sp³-hybridized carbons (Fsp3) is 0.480. The third-order valence-electron chi connectivity index (χ3n) is 6.41. The molecule has 1 heterocycles. The number of ether oxygens (including phenoxy) is 1. The highest BCUT2D eigenvalue weighted by atomic mass is 16.5. The van der Waals surface area contributed by atoms with Crippen LogP contribution in [0, 0.1) is 11.3 Å². The summed E-state index contributed by atoms with van der Waals surface area (Å²) in [6.07, 6.45) is 4.27. The van der Waals surface area contributed by atoms with E-state index in [4.69, 9.17) is 4.74 Å². The van der Waals surface area contributed by atoms with Gasteiger partial charge in [0.1, 0.15) is 0 Å². The van der Waals surface area contributed by atoms with E-state index >= 15 is 0 Å². The summed E-state index contributed by atoms with van der Waals surface area (Å²) in [7, 11) is 1.54. The van der Waals surface area contributed by atoms with Crippen molar-refractivity contribution in [1.29, 1.82) is 0 Å². The van der Waals surface area contributed by atoms with Gasteiger partial charge in [-0.1, -0.05) is 93.8 Å². The number of rotatable bonds is 8.